The Balaban J connectivity index is 2.07. The molecule has 0 saturated carbocycles. The van der Waals surface area contributed by atoms with E-state index in [0.29, 0.717) is 4.60 Å². The molecule has 6 heteroatoms. The summed E-state index contributed by atoms with van der Waals surface area (Å²) < 4.78 is 34.2. The number of pyridine rings is 1. The van der Waals surface area contributed by atoms with Gasteiger partial charge >= 0.3 is 0 Å². The van der Waals surface area contributed by atoms with Crippen LogP contribution in [0.2, 0.25) is 0 Å². The van der Waals surface area contributed by atoms with E-state index in [1.165, 1.54) is 17.8 Å². The maximum absolute atomic E-state index is 14.5. The third-order valence-electron chi connectivity index (χ3n) is 3.95. The van der Waals surface area contributed by atoms with Gasteiger partial charge in [0, 0.05) is 16.7 Å². The average Bonchev–Trinajstić information content (AvgIpc) is 2.63. The van der Waals surface area contributed by atoms with Crippen LogP contribution in [0, 0.1) is 18.6 Å². The van der Waals surface area contributed by atoms with Gasteiger partial charge in [0.1, 0.15) is 22.0 Å². The van der Waals surface area contributed by atoms with Crippen molar-refractivity contribution in [3.8, 4) is 5.75 Å². The largest absolute Gasteiger partial charge is 0.497 e. The summed E-state index contributed by atoms with van der Waals surface area (Å²) in [6.07, 6.45) is 1.70. The van der Waals surface area contributed by atoms with Crippen molar-refractivity contribution in [1.29, 1.82) is 0 Å². The van der Waals surface area contributed by atoms with Gasteiger partial charge < -0.3 is 4.74 Å². The molecule has 0 bridgehead atoms. The van der Waals surface area contributed by atoms with E-state index >= 15 is 0 Å². The molecular weight excluding hydrogens is 420 g/mol. The van der Waals surface area contributed by atoms with Crippen molar-refractivity contribution in [2.45, 2.75) is 17.1 Å². The Morgan fingerprint density at radius 1 is 1.04 bits per heavy atom. The lowest BCUT2D eigenvalue weighted by Gasteiger charge is -2.20. The van der Waals surface area contributed by atoms with E-state index in [-0.39, 0.29) is 5.56 Å². The van der Waals surface area contributed by atoms with E-state index in [2.05, 4.69) is 20.9 Å². The molecule has 0 radical (unpaired) electrons. The van der Waals surface area contributed by atoms with E-state index < -0.39 is 16.9 Å². The van der Waals surface area contributed by atoms with Crippen LogP contribution in [0.1, 0.15) is 21.9 Å². The standard InChI is InChI=1S/C20H16BrF2NOS/c1-12-9-19(21)24-11-17(12)20(16-10-13(22)3-8-18(16)23)26-15-6-4-14(25-2)5-7-15/h3-11,20H,1-2H3. The van der Waals surface area contributed by atoms with Crippen LogP contribution in [0.25, 0.3) is 0 Å². The predicted molar refractivity (Wildman–Crippen MR) is 104 cm³/mol. The molecule has 26 heavy (non-hydrogen) atoms. The molecule has 0 N–H and O–H groups in total. The normalized spacial score (nSPS) is 12.0. The number of thioether (sulfide) groups is 1. The Morgan fingerprint density at radius 3 is 2.42 bits per heavy atom. The summed E-state index contributed by atoms with van der Waals surface area (Å²) in [6.45, 7) is 1.93. The molecule has 0 spiro atoms. The van der Waals surface area contributed by atoms with Crippen LogP contribution >= 0.6 is 27.7 Å². The molecule has 1 atom stereocenters. The Kier molecular flexibility index (Phi) is 5.94. The SMILES string of the molecule is COc1ccc(SC(c2cnc(Br)cc2C)c2cc(F)ccc2F)cc1. The lowest BCUT2D eigenvalue weighted by atomic mass is 10.0. The van der Waals surface area contributed by atoms with Gasteiger partial charge in [-0.05, 0) is 82.5 Å². The first-order chi connectivity index (χ1) is 12.5. The molecule has 2 nitrogen and oxygen atoms in total. The van der Waals surface area contributed by atoms with Gasteiger partial charge in [-0.2, -0.15) is 0 Å². The first-order valence-corrected chi connectivity index (χ1v) is 9.53. The monoisotopic (exact) mass is 435 g/mol. The van der Waals surface area contributed by atoms with Gasteiger partial charge in [-0.1, -0.05) is 0 Å². The summed E-state index contributed by atoms with van der Waals surface area (Å²) >= 11 is 4.78. The van der Waals surface area contributed by atoms with Gasteiger partial charge in [0.2, 0.25) is 0 Å². The molecule has 0 aliphatic carbocycles. The minimum absolute atomic E-state index is 0.290. The smallest absolute Gasteiger partial charge is 0.128 e. The molecule has 0 amide bonds. The van der Waals surface area contributed by atoms with Crippen LogP contribution in [-0.4, -0.2) is 12.1 Å². The molecule has 1 heterocycles. The van der Waals surface area contributed by atoms with E-state index in [1.54, 1.807) is 13.3 Å². The average molecular weight is 436 g/mol. The Morgan fingerprint density at radius 2 is 1.77 bits per heavy atom. The second-order valence-electron chi connectivity index (χ2n) is 5.70. The highest BCUT2D eigenvalue weighted by molar-refractivity contribution is 9.10. The summed E-state index contributed by atoms with van der Waals surface area (Å²) in [5.41, 5.74) is 2.07. The molecule has 0 saturated heterocycles. The molecule has 0 aliphatic heterocycles. The quantitative estimate of drug-likeness (QED) is 0.345. The lowest BCUT2D eigenvalue weighted by Crippen LogP contribution is -2.04. The first kappa shape index (κ1) is 18.9. The van der Waals surface area contributed by atoms with Crippen molar-refractivity contribution in [3.05, 3.63) is 87.7 Å². The van der Waals surface area contributed by atoms with E-state index in [0.717, 1.165) is 33.9 Å². The number of hydrogen-bond acceptors (Lipinski definition) is 3. The van der Waals surface area contributed by atoms with Crippen molar-refractivity contribution in [2.24, 2.45) is 0 Å². The molecule has 134 valence electrons. The second-order valence-corrected chi connectivity index (χ2v) is 7.69. The topological polar surface area (TPSA) is 22.1 Å². The fourth-order valence-corrected chi connectivity index (χ4v) is 4.30. The Hall–Kier alpha value is -1.92. The van der Waals surface area contributed by atoms with Crippen molar-refractivity contribution in [2.75, 3.05) is 7.11 Å². The summed E-state index contributed by atoms with van der Waals surface area (Å²) in [4.78, 5) is 5.19. The number of hydrogen-bond donors (Lipinski definition) is 0. The molecule has 1 aromatic heterocycles. The number of ether oxygens (including phenoxy) is 1. The molecule has 3 aromatic rings. The number of halogens is 3. The lowest BCUT2D eigenvalue weighted by molar-refractivity contribution is 0.414. The predicted octanol–water partition coefficient (Wildman–Crippen LogP) is 6.32. The van der Waals surface area contributed by atoms with E-state index in [1.807, 2.05) is 37.3 Å². The van der Waals surface area contributed by atoms with Crippen molar-refractivity contribution >= 4 is 27.7 Å². The van der Waals surface area contributed by atoms with Gasteiger partial charge in [0.25, 0.3) is 0 Å². The van der Waals surface area contributed by atoms with Gasteiger partial charge in [0.05, 0.1) is 12.4 Å². The maximum Gasteiger partial charge on any atom is 0.128 e. The summed E-state index contributed by atoms with van der Waals surface area (Å²) in [5.74, 6) is -0.173. The van der Waals surface area contributed by atoms with Crippen molar-refractivity contribution in [1.82, 2.24) is 4.98 Å². The highest BCUT2D eigenvalue weighted by Crippen LogP contribution is 2.43. The zero-order chi connectivity index (χ0) is 18.7. The minimum Gasteiger partial charge on any atom is -0.497 e. The van der Waals surface area contributed by atoms with Crippen molar-refractivity contribution in [3.63, 3.8) is 0 Å². The van der Waals surface area contributed by atoms with Crippen molar-refractivity contribution < 1.29 is 13.5 Å². The number of methoxy groups -OCH3 is 1. The van der Waals surface area contributed by atoms with Gasteiger partial charge in [-0.3, -0.25) is 0 Å². The van der Waals surface area contributed by atoms with Crippen LogP contribution < -0.4 is 4.74 Å². The summed E-state index contributed by atoms with van der Waals surface area (Å²) in [7, 11) is 1.60. The highest BCUT2D eigenvalue weighted by Gasteiger charge is 2.22. The first-order valence-electron chi connectivity index (χ1n) is 7.85. The van der Waals surface area contributed by atoms with Crippen LogP contribution in [0.3, 0.4) is 0 Å². The molecular formula is C20H16BrF2NOS. The summed E-state index contributed by atoms with van der Waals surface area (Å²) in [5, 5.41) is -0.431. The van der Waals surface area contributed by atoms with E-state index in [9.17, 15) is 8.78 Å². The van der Waals surface area contributed by atoms with Crippen LogP contribution in [-0.2, 0) is 0 Å². The van der Waals surface area contributed by atoms with Gasteiger partial charge in [0.15, 0.2) is 0 Å². The maximum atomic E-state index is 14.5. The number of nitrogens with zero attached hydrogens (tertiary/aromatic N) is 1. The Bertz CT molecular complexity index is 918. The minimum atomic E-state index is -0.468. The van der Waals surface area contributed by atoms with E-state index in [4.69, 9.17) is 4.74 Å². The van der Waals surface area contributed by atoms with Crippen LogP contribution in [0.4, 0.5) is 8.78 Å². The number of aryl methyl sites for hydroxylation is 1. The van der Waals surface area contributed by atoms with Gasteiger partial charge in [-0.25, -0.2) is 13.8 Å². The third-order valence-corrected chi connectivity index (χ3v) is 5.68. The second kappa shape index (κ2) is 8.18. The van der Waals surface area contributed by atoms with Crippen LogP contribution in [0.15, 0.2) is 64.2 Å². The molecule has 1 unspecified atom stereocenters. The zero-order valence-electron chi connectivity index (χ0n) is 14.2. The summed E-state index contributed by atoms with van der Waals surface area (Å²) in [6, 6.07) is 12.9. The van der Waals surface area contributed by atoms with Crippen LogP contribution in [0.5, 0.6) is 5.75 Å². The fourth-order valence-electron chi connectivity index (χ4n) is 2.61. The zero-order valence-corrected chi connectivity index (χ0v) is 16.6. The van der Waals surface area contributed by atoms with Gasteiger partial charge in [-0.15, -0.1) is 11.8 Å². The molecule has 0 fully saturated rings. The highest BCUT2D eigenvalue weighted by atomic mass is 79.9. The third kappa shape index (κ3) is 4.24. The number of aromatic nitrogens is 1. The molecule has 2 aromatic carbocycles. The number of rotatable bonds is 5. The molecule has 0 aliphatic rings. The fraction of sp³-hybridized carbons (Fsp3) is 0.150. The Labute approximate surface area is 163 Å². The molecule has 3 rings (SSSR count). The number of benzene rings is 2.